The zero-order valence-corrected chi connectivity index (χ0v) is 60.2. The zero-order chi connectivity index (χ0) is 65.5. The fraction of sp³-hybridized carbons (Fsp3) is 0.716. The minimum Gasteiger partial charge on any atom is -0.387 e. The molecule has 0 fully saturated rings. The van der Waals surface area contributed by atoms with Crippen LogP contribution in [0.15, 0.2) is 134 Å². The highest BCUT2D eigenvalue weighted by Gasteiger charge is 2.28. The van der Waals surface area contributed by atoms with Crippen LogP contribution in [0.4, 0.5) is 0 Å². The number of hydrogen-bond acceptors (Lipinski definition) is 5. The number of likely N-dealkylation sites (N-methyl/N-ethyl adjacent to an activating group) is 1. The number of rotatable bonds is 68. The van der Waals surface area contributed by atoms with Gasteiger partial charge in [0.25, 0.3) is 0 Å². The lowest BCUT2D eigenvalue weighted by Gasteiger charge is -2.25. The van der Waals surface area contributed by atoms with Gasteiger partial charge >= 0.3 is 7.82 Å². The number of aliphatic hydroxyl groups excluding tert-OH is 1. The van der Waals surface area contributed by atoms with Gasteiger partial charge in [-0.3, -0.25) is 13.8 Å². The number of phosphoric acid groups is 1. The number of amides is 1. The number of nitrogens with one attached hydrogen (secondary N) is 1. The first-order chi connectivity index (χ1) is 44.0. The first-order valence-corrected chi connectivity index (χ1v) is 39.1. The van der Waals surface area contributed by atoms with Gasteiger partial charge in [-0.1, -0.05) is 340 Å². The van der Waals surface area contributed by atoms with Crippen LogP contribution in [0.1, 0.15) is 322 Å². The van der Waals surface area contributed by atoms with Gasteiger partial charge in [0.1, 0.15) is 13.2 Å². The molecule has 0 aromatic carbocycles. The van der Waals surface area contributed by atoms with Crippen LogP contribution in [-0.4, -0.2) is 73.4 Å². The van der Waals surface area contributed by atoms with Gasteiger partial charge in [0, 0.05) is 6.42 Å². The third-order valence-electron chi connectivity index (χ3n) is 16.3. The summed E-state index contributed by atoms with van der Waals surface area (Å²) in [6.07, 6.45) is 106. The van der Waals surface area contributed by atoms with E-state index >= 15 is 0 Å². The van der Waals surface area contributed by atoms with Crippen LogP contribution in [0.25, 0.3) is 0 Å². The molecular weight excluding hydrogens is 1130 g/mol. The summed E-state index contributed by atoms with van der Waals surface area (Å²) in [6.45, 7) is 4.69. The summed E-state index contributed by atoms with van der Waals surface area (Å²) in [6, 6.07) is -0.882. The molecule has 90 heavy (non-hydrogen) atoms. The van der Waals surface area contributed by atoms with Gasteiger partial charge in [0.15, 0.2) is 0 Å². The topological polar surface area (TPSA) is 105 Å². The van der Waals surface area contributed by atoms with Gasteiger partial charge in [0.05, 0.1) is 39.9 Å². The van der Waals surface area contributed by atoms with E-state index in [-0.39, 0.29) is 19.1 Å². The van der Waals surface area contributed by atoms with Crippen LogP contribution < -0.4 is 5.32 Å². The highest BCUT2D eigenvalue weighted by atomic mass is 31.2. The van der Waals surface area contributed by atoms with E-state index < -0.39 is 20.0 Å². The highest BCUT2D eigenvalue weighted by molar-refractivity contribution is 7.47. The summed E-state index contributed by atoms with van der Waals surface area (Å²) in [5, 5.41) is 14.0. The second-order valence-electron chi connectivity index (χ2n) is 26.3. The number of hydrogen-bond donors (Lipinski definition) is 3. The molecule has 0 aliphatic rings. The molecule has 0 rings (SSSR count). The fourth-order valence-electron chi connectivity index (χ4n) is 10.6. The molecule has 3 atom stereocenters. The lowest BCUT2D eigenvalue weighted by molar-refractivity contribution is -0.870. The largest absolute Gasteiger partial charge is 0.472 e. The lowest BCUT2D eigenvalue weighted by atomic mass is 10.0. The molecule has 518 valence electrons. The van der Waals surface area contributed by atoms with E-state index in [9.17, 15) is 19.4 Å². The van der Waals surface area contributed by atoms with E-state index in [1.165, 1.54) is 205 Å². The smallest absolute Gasteiger partial charge is 0.387 e. The standard InChI is InChI=1S/C81H143N2O6P/c1-6-8-10-12-14-16-18-20-22-24-26-28-30-32-34-36-38-39-40-41-42-43-45-47-49-51-53-55-57-59-61-63-65-67-69-71-73-75-81(85)82-79(78-89-90(86,87)88-77-76-83(3,4)5)80(84)74-72-70-68-66-64-62-60-58-56-54-52-50-48-46-44-37-35-33-31-29-27-25-23-21-19-17-15-13-11-9-7-2/h8,10,14,16,20,22,26,28,32,34,38-39,41-42,45,47,56,58,64,66,72,74,79-80,84H,6-7,9,11-13,15,17-19,21,23-25,27,29-31,33,35-37,40,43-44,46,48-55,57,59-63,65,67-71,73,75-78H2,1-5H3,(H-,82,85,86,87)/p+1/b10-8-,16-14-,22-20-,28-26-,34-32-,39-38-,42-41-,47-45-,58-56+,66-64+,74-72+. The van der Waals surface area contributed by atoms with E-state index in [2.05, 4.69) is 141 Å². The van der Waals surface area contributed by atoms with Crippen LogP contribution in [0.2, 0.25) is 0 Å². The summed E-state index contributed by atoms with van der Waals surface area (Å²) >= 11 is 0. The van der Waals surface area contributed by atoms with Crippen molar-refractivity contribution in [2.45, 2.75) is 334 Å². The third-order valence-corrected chi connectivity index (χ3v) is 17.3. The Kier molecular flexibility index (Phi) is 67.4. The summed E-state index contributed by atoms with van der Waals surface area (Å²) in [4.78, 5) is 23.5. The average Bonchev–Trinajstić information content (AvgIpc) is 3.18. The molecule has 0 saturated carbocycles. The van der Waals surface area contributed by atoms with Gasteiger partial charge in [0.2, 0.25) is 5.91 Å². The normalized spacial score (nSPS) is 14.3. The van der Waals surface area contributed by atoms with Crippen molar-refractivity contribution in [3.8, 4) is 0 Å². The molecule has 0 aliphatic carbocycles. The molecule has 0 aliphatic heterocycles. The van der Waals surface area contributed by atoms with Gasteiger partial charge in [-0.15, -0.1) is 0 Å². The second-order valence-corrected chi connectivity index (χ2v) is 27.7. The van der Waals surface area contributed by atoms with E-state index in [0.29, 0.717) is 17.4 Å². The van der Waals surface area contributed by atoms with Crippen LogP contribution in [0.5, 0.6) is 0 Å². The zero-order valence-electron chi connectivity index (χ0n) is 59.3. The molecule has 0 aromatic rings. The minimum atomic E-state index is -4.38. The Morgan fingerprint density at radius 2 is 0.678 bits per heavy atom. The molecule has 0 bridgehead atoms. The maximum Gasteiger partial charge on any atom is 0.472 e. The molecule has 0 spiro atoms. The summed E-state index contributed by atoms with van der Waals surface area (Å²) < 4.78 is 23.8. The quantitative estimate of drug-likeness (QED) is 0.0243. The minimum absolute atomic E-state index is 0.0477. The first kappa shape index (κ1) is 86.6. The number of quaternary nitrogens is 1. The number of aliphatic hydroxyl groups is 1. The third kappa shape index (κ3) is 72.1. The van der Waals surface area contributed by atoms with Crippen LogP contribution in [0.3, 0.4) is 0 Å². The van der Waals surface area contributed by atoms with Crippen molar-refractivity contribution in [1.29, 1.82) is 0 Å². The Hall–Kier alpha value is -3.36. The number of unbranched alkanes of at least 4 members (excludes halogenated alkanes) is 35. The summed E-state index contributed by atoms with van der Waals surface area (Å²) in [5.74, 6) is -0.195. The number of carbonyl (C=O) groups is 1. The SMILES string of the molecule is CC/C=C\C/C=C\C/C=C\C/C=C\C/C=C\C/C=C\C/C=C\C/C=C\CCCCCCCCCCCCCCC(=O)NC(COP(=O)(O)OCC[N+](C)(C)C)C(O)/C=C/CC/C=C/CC/C=C/CCCCCCCCCCCCCCCCCCCCCCC. The molecule has 0 heterocycles. The number of phosphoric ester groups is 1. The van der Waals surface area contributed by atoms with Crippen molar-refractivity contribution >= 4 is 13.7 Å². The molecule has 3 N–H and O–H groups in total. The monoisotopic (exact) mass is 1270 g/mol. The van der Waals surface area contributed by atoms with E-state index in [0.717, 1.165) is 96.3 Å². The number of allylic oxidation sites excluding steroid dienone is 21. The predicted octanol–water partition coefficient (Wildman–Crippen LogP) is 24.6. The summed E-state index contributed by atoms with van der Waals surface area (Å²) in [7, 11) is 1.54. The molecule has 8 nitrogen and oxygen atoms in total. The van der Waals surface area contributed by atoms with Crippen molar-refractivity contribution in [2.75, 3.05) is 40.9 Å². The Morgan fingerprint density at radius 1 is 0.389 bits per heavy atom. The molecule has 3 unspecified atom stereocenters. The molecule has 0 aromatic heterocycles. The lowest BCUT2D eigenvalue weighted by Crippen LogP contribution is -2.45. The van der Waals surface area contributed by atoms with Gasteiger partial charge < -0.3 is 19.8 Å². The fourth-order valence-corrected chi connectivity index (χ4v) is 11.3. The van der Waals surface area contributed by atoms with Crippen LogP contribution >= 0.6 is 7.82 Å². The van der Waals surface area contributed by atoms with E-state index in [1.807, 2.05) is 27.2 Å². The Bertz CT molecular complexity index is 1930. The van der Waals surface area contributed by atoms with Crippen molar-refractivity contribution in [3.05, 3.63) is 134 Å². The molecular formula is C81H144N2O6P+. The number of nitrogens with zero attached hydrogens (tertiary/aromatic N) is 1. The predicted molar refractivity (Wildman–Crippen MR) is 396 cm³/mol. The van der Waals surface area contributed by atoms with E-state index in [4.69, 9.17) is 9.05 Å². The van der Waals surface area contributed by atoms with Crippen molar-refractivity contribution in [1.82, 2.24) is 5.32 Å². The van der Waals surface area contributed by atoms with Crippen LogP contribution in [0, 0.1) is 0 Å². The van der Waals surface area contributed by atoms with E-state index in [1.54, 1.807) is 6.08 Å². The average molecular weight is 1270 g/mol. The van der Waals surface area contributed by atoms with Gasteiger partial charge in [-0.05, 0) is 109 Å². The Balaban J connectivity index is 4.13. The Morgan fingerprint density at radius 3 is 1.02 bits per heavy atom. The maximum atomic E-state index is 13.1. The van der Waals surface area contributed by atoms with Crippen molar-refractivity contribution in [2.24, 2.45) is 0 Å². The van der Waals surface area contributed by atoms with Gasteiger partial charge in [-0.2, -0.15) is 0 Å². The molecule has 0 saturated heterocycles. The maximum absolute atomic E-state index is 13.1. The molecule has 0 radical (unpaired) electrons. The molecule has 1 amide bonds. The van der Waals surface area contributed by atoms with Crippen molar-refractivity contribution < 1.29 is 32.9 Å². The number of carbonyl (C=O) groups excluding carboxylic acids is 1. The van der Waals surface area contributed by atoms with Crippen LogP contribution in [-0.2, 0) is 18.4 Å². The summed E-state index contributed by atoms with van der Waals surface area (Å²) in [5.41, 5.74) is 0. The second kappa shape index (κ2) is 70.0. The van der Waals surface area contributed by atoms with Gasteiger partial charge in [-0.25, -0.2) is 4.57 Å². The van der Waals surface area contributed by atoms with Crippen molar-refractivity contribution in [3.63, 3.8) is 0 Å². The molecule has 9 heteroatoms. The Labute approximate surface area is 557 Å². The first-order valence-electron chi connectivity index (χ1n) is 37.6. The highest BCUT2D eigenvalue weighted by Crippen LogP contribution is 2.43.